The lowest BCUT2D eigenvalue weighted by Gasteiger charge is -2.06. The fourth-order valence-corrected chi connectivity index (χ4v) is 1.63. The molecule has 0 aliphatic carbocycles. The summed E-state index contributed by atoms with van der Waals surface area (Å²) < 4.78 is 33.3. The Labute approximate surface area is 93.2 Å². The maximum absolute atomic E-state index is 12.7. The first kappa shape index (κ1) is 12.9. The van der Waals surface area contributed by atoms with E-state index in [2.05, 4.69) is 4.52 Å². The SMILES string of the molecule is CCO[PH](=O)C(=O)Oc1ccc(F)cc1C. The summed E-state index contributed by atoms with van der Waals surface area (Å²) in [6.45, 7) is 3.39. The Kier molecular flexibility index (Phi) is 4.65. The van der Waals surface area contributed by atoms with Crippen molar-refractivity contribution in [3.05, 3.63) is 29.6 Å². The Morgan fingerprint density at radius 1 is 1.50 bits per heavy atom. The maximum Gasteiger partial charge on any atom is 0.393 e. The quantitative estimate of drug-likeness (QED) is 0.766. The topological polar surface area (TPSA) is 52.6 Å². The zero-order chi connectivity index (χ0) is 12.1. The Morgan fingerprint density at radius 2 is 2.19 bits per heavy atom. The van der Waals surface area contributed by atoms with Crippen LogP contribution in [0.15, 0.2) is 18.2 Å². The van der Waals surface area contributed by atoms with Crippen LogP contribution < -0.4 is 4.74 Å². The average Bonchev–Trinajstić information content (AvgIpc) is 2.22. The van der Waals surface area contributed by atoms with Crippen molar-refractivity contribution in [2.24, 2.45) is 0 Å². The van der Waals surface area contributed by atoms with Gasteiger partial charge in [0, 0.05) is 0 Å². The Bertz CT molecular complexity index is 419. The summed E-state index contributed by atoms with van der Waals surface area (Å²) in [6, 6.07) is 3.69. The van der Waals surface area contributed by atoms with Crippen LogP contribution in [0.1, 0.15) is 12.5 Å². The third kappa shape index (κ3) is 3.43. The van der Waals surface area contributed by atoms with Gasteiger partial charge in [-0.1, -0.05) is 0 Å². The highest BCUT2D eigenvalue weighted by atomic mass is 31.1. The van der Waals surface area contributed by atoms with Gasteiger partial charge in [0.2, 0.25) is 0 Å². The molecule has 0 saturated carbocycles. The fraction of sp³-hybridized carbons (Fsp3) is 0.300. The van der Waals surface area contributed by atoms with E-state index < -0.39 is 19.6 Å². The van der Waals surface area contributed by atoms with Gasteiger partial charge in [0.25, 0.3) is 8.03 Å². The molecule has 0 aliphatic heterocycles. The highest BCUT2D eigenvalue weighted by Crippen LogP contribution is 2.28. The molecule has 0 N–H and O–H groups in total. The monoisotopic (exact) mass is 246 g/mol. The van der Waals surface area contributed by atoms with Crippen molar-refractivity contribution in [3.8, 4) is 5.75 Å². The molecule has 1 aromatic carbocycles. The summed E-state index contributed by atoms with van der Waals surface area (Å²) in [5.74, 6) is -0.237. The molecule has 0 fully saturated rings. The number of benzene rings is 1. The van der Waals surface area contributed by atoms with Crippen LogP contribution in [-0.4, -0.2) is 12.3 Å². The molecular weight excluding hydrogens is 234 g/mol. The van der Waals surface area contributed by atoms with E-state index in [4.69, 9.17) is 4.74 Å². The first-order valence-electron chi connectivity index (χ1n) is 4.69. The largest absolute Gasteiger partial charge is 0.419 e. The second-order valence-corrected chi connectivity index (χ2v) is 4.29. The predicted octanol–water partition coefficient (Wildman–Crippen LogP) is 3.14. The van der Waals surface area contributed by atoms with E-state index in [9.17, 15) is 13.8 Å². The number of halogens is 1. The molecule has 0 bridgehead atoms. The number of carbonyl (C=O) groups is 1. The van der Waals surface area contributed by atoms with Gasteiger partial charge in [-0.05, 0) is 37.6 Å². The van der Waals surface area contributed by atoms with Crippen LogP contribution in [0.2, 0.25) is 0 Å². The molecule has 0 saturated heterocycles. The zero-order valence-corrected chi connectivity index (χ0v) is 9.95. The van der Waals surface area contributed by atoms with Crippen LogP contribution in [0.3, 0.4) is 0 Å². The number of aryl methyl sites for hydroxylation is 1. The molecule has 0 aliphatic rings. The van der Waals surface area contributed by atoms with Crippen LogP contribution in [-0.2, 0) is 9.09 Å². The molecule has 0 amide bonds. The van der Waals surface area contributed by atoms with Crippen LogP contribution in [0.4, 0.5) is 9.18 Å². The molecule has 0 aromatic heterocycles. The van der Waals surface area contributed by atoms with Gasteiger partial charge in [-0.25, -0.2) is 9.18 Å². The molecule has 0 heterocycles. The molecular formula is C10H12FO4P. The van der Waals surface area contributed by atoms with Gasteiger partial charge in [0.15, 0.2) is 0 Å². The number of ether oxygens (including phenoxy) is 1. The van der Waals surface area contributed by atoms with Gasteiger partial charge < -0.3 is 9.26 Å². The summed E-state index contributed by atoms with van der Waals surface area (Å²) >= 11 is 0. The highest BCUT2D eigenvalue weighted by molar-refractivity contribution is 7.58. The Balaban J connectivity index is 2.73. The van der Waals surface area contributed by atoms with Crippen molar-refractivity contribution in [2.75, 3.05) is 6.61 Å². The number of hydrogen-bond donors (Lipinski definition) is 0. The third-order valence-electron chi connectivity index (χ3n) is 1.78. The van der Waals surface area contributed by atoms with Crippen molar-refractivity contribution in [2.45, 2.75) is 13.8 Å². The first-order chi connectivity index (χ1) is 7.54. The lowest BCUT2D eigenvalue weighted by Crippen LogP contribution is -2.03. The minimum Gasteiger partial charge on any atom is -0.419 e. The summed E-state index contributed by atoms with van der Waals surface area (Å²) in [5, 5.41) is 0. The maximum atomic E-state index is 12.7. The molecule has 1 aromatic rings. The van der Waals surface area contributed by atoms with Gasteiger partial charge in [-0.3, -0.25) is 4.57 Å². The zero-order valence-electron chi connectivity index (χ0n) is 8.95. The fourth-order valence-electron chi connectivity index (χ4n) is 1.06. The summed E-state index contributed by atoms with van der Waals surface area (Å²) in [4.78, 5) is 11.2. The van der Waals surface area contributed by atoms with Gasteiger partial charge in [-0.2, -0.15) is 0 Å². The minimum absolute atomic E-state index is 0.176. The third-order valence-corrected chi connectivity index (χ3v) is 2.77. The Hall–Kier alpha value is -1.19. The van der Waals surface area contributed by atoms with E-state index in [1.807, 2.05) is 0 Å². The van der Waals surface area contributed by atoms with E-state index >= 15 is 0 Å². The summed E-state index contributed by atoms with van der Waals surface area (Å²) in [7, 11) is -2.85. The molecule has 1 rings (SSSR count). The second-order valence-electron chi connectivity index (χ2n) is 3.02. The predicted molar refractivity (Wildman–Crippen MR) is 57.8 cm³/mol. The van der Waals surface area contributed by atoms with Crippen LogP contribution in [0.5, 0.6) is 5.75 Å². The van der Waals surface area contributed by atoms with E-state index in [1.54, 1.807) is 13.8 Å². The van der Waals surface area contributed by atoms with E-state index in [0.29, 0.717) is 5.56 Å². The van der Waals surface area contributed by atoms with Gasteiger partial charge in [0.05, 0.1) is 6.61 Å². The standard InChI is InChI=1S/C10H12FO4P/c1-3-14-16(13)10(12)15-9-5-4-8(11)6-7(9)2/h4-6,16H,3H2,1-2H3. The van der Waals surface area contributed by atoms with Gasteiger partial charge >= 0.3 is 5.71 Å². The molecule has 16 heavy (non-hydrogen) atoms. The van der Waals surface area contributed by atoms with Crippen molar-refractivity contribution in [1.29, 1.82) is 0 Å². The van der Waals surface area contributed by atoms with Crippen molar-refractivity contribution < 1.29 is 23.0 Å². The second kappa shape index (κ2) is 5.77. The van der Waals surface area contributed by atoms with Gasteiger partial charge in [-0.15, -0.1) is 0 Å². The highest BCUT2D eigenvalue weighted by Gasteiger charge is 2.15. The normalized spacial score (nSPS) is 12.2. The lowest BCUT2D eigenvalue weighted by molar-refractivity contribution is 0.218. The van der Waals surface area contributed by atoms with Crippen LogP contribution >= 0.6 is 8.03 Å². The molecule has 1 unspecified atom stereocenters. The summed E-state index contributed by atoms with van der Waals surface area (Å²) in [6.07, 6.45) is 0. The number of rotatable bonds is 4. The molecule has 4 nitrogen and oxygen atoms in total. The first-order valence-corrected chi connectivity index (χ1v) is 6.01. The van der Waals surface area contributed by atoms with Gasteiger partial charge in [0.1, 0.15) is 11.6 Å². The van der Waals surface area contributed by atoms with E-state index in [0.717, 1.165) is 6.07 Å². The molecule has 0 spiro atoms. The number of hydrogen-bond acceptors (Lipinski definition) is 4. The van der Waals surface area contributed by atoms with Crippen molar-refractivity contribution >= 4 is 13.7 Å². The van der Waals surface area contributed by atoms with E-state index in [1.165, 1.54) is 12.1 Å². The summed E-state index contributed by atoms with van der Waals surface area (Å²) in [5.41, 5.74) is -0.471. The minimum atomic E-state index is -2.85. The van der Waals surface area contributed by atoms with Crippen LogP contribution in [0, 0.1) is 12.7 Å². The molecule has 6 heteroatoms. The van der Waals surface area contributed by atoms with Crippen LogP contribution in [0.25, 0.3) is 0 Å². The molecule has 1 atom stereocenters. The van der Waals surface area contributed by atoms with Crippen molar-refractivity contribution in [3.63, 3.8) is 0 Å². The Morgan fingerprint density at radius 3 is 2.75 bits per heavy atom. The lowest BCUT2D eigenvalue weighted by atomic mass is 10.2. The van der Waals surface area contributed by atoms with Crippen molar-refractivity contribution in [1.82, 2.24) is 0 Å². The number of carbonyl (C=O) groups excluding carboxylic acids is 1. The molecule has 88 valence electrons. The average molecular weight is 246 g/mol. The smallest absolute Gasteiger partial charge is 0.393 e. The molecule has 0 radical (unpaired) electrons. The van der Waals surface area contributed by atoms with E-state index in [-0.39, 0.29) is 12.4 Å².